The molecular formula is C13H28N2. The van der Waals surface area contributed by atoms with Crippen LogP contribution in [-0.4, -0.2) is 37.6 Å². The highest BCUT2D eigenvalue weighted by atomic mass is 15.2. The number of hydrogen-bond acceptors (Lipinski definition) is 2. The number of nitrogens with one attached hydrogen (secondary N) is 1. The Labute approximate surface area is 95.4 Å². The quantitative estimate of drug-likeness (QED) is 0.705. The number of rotatable bonds is 5. The van der Waals surface area contributed by atoms with Crippen molar-refractivity contribution in [1.29, 1.82) is 0 Å². The molecule has 0 amide bonds. The van der Waals surface area contributed by atoms with Crippen molar-refractivity contribution in [2.45, 2.75) is 64.0 Å². The fraction of sp³-hybridized carbons (Fsp3) is 1.00. The standard InChI is InChI=1S/C13H28N2/c1-4-12(11-14-2)15(3)13-9-7-5-6-8-10-13/h12-14H,4-11H2,1-3H3. The molecule has 1 N–H and O–H groups in total. The Hall–Kier alpha value is -0.0800. The normalized spacial score (nSPS) is 21.6. The van der Waals surface area contributed by atoms with E-state index in [0.717, 1.165) is 18.6 Å². The second kappa shape index (κ2) is 7.24. The van der Waals surface area contributed by atoms with Crippen molar-refractivity contribution in [1.82, 2.24) is 10.2 Å². The first kappa shape index (κ1) is 13.0. The average Bonchev–Trinajstić information content (AvgIpc) is 2.53. The van der Waals surface area contributed by atoms with Gasteiger partial charge in [-0.1, -0.05) is 32.6 Å². The van der Waals surface area contributed by atoms with Crippen molar-refractivity contribution in [2.24, 2.45) is 0 Å². The van der Waals surface area contributed by atoms with Gasteiger partial charge in [-0.3, -0.25) is 4.90 Å². The molecular weight excluding hydrogens is 184 g/mol. The van der Waals surface area contributed by atoms with Crippen molar-refractivity contribution >= 4 is 0 Å². The Kier molecular flexibility index (Phi) is 6.26. The first-order chi connectivity index (χ1) is 7.29. The maximum atomic E-state index is 3.31. The molecule has 0 aromatic heterocycles. The summed E-state index contributed by atoms with van der Waals surface area (Å²) in [6.45, 7) is 3.43. The summed E-state index contributed by atoms with van der Waals surface area (Å²) in [5, 5.41) is 3.31. The van der Waals surface area contributed by atoms with E-state index in [0.29, 0.717) is 0 Å². The van der Waals surface area contributed by atoms with Crippen LogP contribution in [0.3, 0.4) is 0 Å². The molecule has 0 spiro atoms. The van der Waals surface area contributed by atoms with E-state index in [-0.39, 0.29) is 0 Å². The van der Waals surface area contributed by atoms with Crippen LogP contribution in [0.25, 0.3) is 0 Å². The first-order valence-electron chi connectivity index (χ1n) is 6.66. The summed E-state index contributed by atoms with van der Waals surface area (Å²) < 4.78 is 0. The largest absolute Gasteiger partial charge is 0.318 e. The lowest BCUT2D eigenvalue weighted by Gasteiger charge is -2.34. The van der Waals surface area contributed by atoms with Crippen LogP contribution in [0.5, 0.6) is 0 Å². The van der Waals surface area contributed by atoms with Crippen molar-refractivity contribution < 1.29 is 0 Å². The van der Waals surface area contributed by atoms with Gasteiger partial charge in [-0.05, 0) is 33.4 Å². The summed E-state index contributed by atoms with van der Waals surface area (Å²) in [6.07, 6.45) is 9.86. The van der Waals surface area contributed by atoms with Gasteiger partial charge in [-0.25, -0.2) is 0 Å². The third-order valence-electron chi connectivity index (χ3n) is 3.89. The summed E-state index contributed by atoms with van der Waals surface area (Å²) in [5.74, 6) is 0. The molecule has 0 bridgehead atoms. The lowest BCUT2D eigenvalue weighted by Crippen LogP contribution is -2.44. The highest BCUT2D eigenvalue weighted by molar-refractivity contribution is 4.78. The molecule has 0 saturated heterocycles. The minimum absolute atomic E-state index is 0.720. The third-order valence-corrected chi connectivity index (χ3v) is 3.89. The smallest absolute Gasteiger partial charge is 0.0217 e. The van der Waals surface area contributed by atoms with Crippen LogP contribution in [0.15, 0.2) is 0 Å². The average molecular weight is 212 g/mol. The van der Waals surface area contributed by atoms with E-state index < -0.39 is 0 Å². The van der Waals surface area contributed by atoms with Crippen molar-refractivity contribution in [3.8, 4) is 0 Å². The maximum absolute atomic E-state index is 3.31. The van der Waals surface area contributed by atoms with Gasteiger partial charge in [0.1, 0.15) is 0 Å². The summed E-state index contributed by atoms with van der Waals surface area (Å²) in [5.41, 5.74) is 0. The van der Waals surface area contributed by atoms with Crippen molar-refractivity contribution in [2.75, 3.05) is 20.6 Å². The number of hydrogen-bond donors (Lipinski definition) is 1. The van der Waals surface area contributed by atoms with Crippen molar-refractivity contribution in [3.05, 3.63) is 0 Å². The Morgan fingerprint density at radius 2 is 1.80 bits per heavy atom. The van der Waals surface area contributed by atoms with Crippen molar-refractivity contribution in [3.63, 3.8) is 0 Å². The Morgan fingerprint density at radius 3 is 2.27 bits per heavy atom. The Bertz CT molecular complexity index is 151. The highest BCUT2D eigenvalue weighted by Gasteiger charge is 2.21. The molecule has 1 aliphatic rings. The molecule has 1 fully saturated rings. The van der Waals surface area contributed by atoms with Gasteiger partial charge in [-0.15, -0.1) is 0 Å². The predicted octanol–water partition coefficient (Wildman–Crippen LogP) is 2.64. The van der Waals surface area contributed by atoms with Gasteiger partial charge in [-0.2, -0.15) is 0 Å². The van der Waals surface area contributed by atoms with E-state index in [1.807, 2.05) is 0 Å². The molecule has 0 heterocycles. The summed E-state index contributed by atoms with van der Waals surface area (Å²) in [4.78, 5) is 2.63. The maximum Gasteiger partial charge on any atom is 0.0217 e. The van der Waals surface area contributed by atoms with Crippen LogP contribution < -0.4 is 5.32 Å². The fourth-order valence-electron chi connectivity index (χ4n) is 2.78. The van der Waals surface area contributed by atoms with Crippen LogP contribution in [0.1, 0.15) is 51.9 Å². The van der Waals surface area contributed by atoms with Gasteiger partial charge in [0, 0.05) is 18.6 Å². The Balaban J connectivity index is 2.43. The van der Waals surface area contributed by atoms with E-state index in [4.69, 9.17) is 0 Å². The van der Waals surface area contributed by atoms with E-state index in [1.54, 1.807) is 0 Å². The molecule has 1 atom stereocenters. The molecule has 0 aliphatic heterocycles. The van der Waals surface area contributed by atoms with Gasteiger partial charge in [0.2, 0.25) is 0 Å². The van der Waals surface area contributed by atoms with Crippen LogP contribution in [0.2, 0.25) is 0 Å². The topological polar surface area (TPSA) is 15.3 Å². The zero-order chi connectivity index (χ0) is 11.1. The summed E-state index contributed by atoms with van der Waals surface area (Å²) >= 11 is 0. The lowest BCUT2D eigenvalue weighted by molar-refractivity contribution is 0.152. The van der Waals surface area contributed by atoms with Gasteiger partial charge < -0.3 is 5.32 Å². The zero-order valence-electron chi connectivity index (χ0n) is 10.8. The molecule has 2 nitrogen and oxygen atoms in total. The second-order valence-corrected chi connectivity index (χ2v) is 4.93. The molecule has 15 heavy (non-hydrogen) atoms. The highest BCUT2D eigenvalue weighted by Crippen LogP contribution is 2.22. The molecule has 2 heteroatoms. The lowest BCUT2D eigenvalue weighted by atomic mass is 10.0. The fourth-order valence-corrected chi connectivity index (χ4v) is 2.78. The summed E-state index contributed by atoms with van der Waals surface area (Å²) in [6, 6.07) is 1.56. The predicted molar refractivity (Wildman–Crippen MR) is 67.3 cm³/mol. The SMILES string of the molecule is CCC(CNC)N(C)C1CCCCCC1. The minimum Gasteiger partial charge on any atom is -0.318 e. The number of likely N-dealkylation sites (N-methyl/N-ethyl adjacent to an activating group) is 2. The van der Waals surface area contributed by atoms with Gasteiger partial charge in [0.25, 0.3) is 0 Å². The minimum atomic E-state index is 0.720. The Morgan fingerprint density at radius 1 is 1.20 bits per heavy atom. The zero-order valence-corrected chi connectivity index (χ0v) is 10.8. The van der Waals surface area contributed by atoms with Crippen LogP contribution in [0.4, 0.5) is 0 Å². The van der Waals surface area contributed by atoms with Crippen LogP contribution in [-0.2, 0) is 0 Å². The van der Waals surface area contributed by atoms with Gasteiger partial charge >= 0.3 is 0 Å². The molecule has 1 aliphatic carbocycles. The van der Waals surface area contributed by atoms with E-state index in [1.165, 1.54) is 44.9 Å². The van der Waals surface area contributed by atoms with Gasteiger partial charge in [0.05, 0.1) is 0 Å². The molecule has 1 saturated carbocycles. The number of nitrogens with zero attached hydrogens (tertiary/aromatic N) is 1. The molecule has 90 valence electrons. The van der Waals surface area contributed by atoms with E-state index >= 15 is 0 Å². The monoisotopic (exact) mass is 212 g/mol. The molecule has 0 radical (unpaired) electrons. The molecule has 0 aromatic rings. The summed E-state index contributed by atoms with van der Waals surface area (Å²) in [7, 11) is 4.38. The van der Waals surface area contributed by atoms with E-state index in [2.05, 4.69) is 31.2 Å². The third kappa shape index (κ3) is 4.12. The first-order valence-corrected chi connectivity index (χ1v) is 6.66. The molecule has 1 rings (SSSR count). The second-order valence-electron chi connectivity index (χ2n) is 4.93. The van der Waals surface area contributed by atoms with E-state index in [9.17, 15) is 0 Å². The van der Waals surface area contributed by atoms with Crippen LogP contribution in [0, 0.1) is 0 Å². The van der Waals surface area contributed by atoms with Crippen LogP contribution >= 0.6 is 0 Å². The van der Waals surface area contributed by atoms with Gasteiger partial charge in [0.15, 0.2) is 0 Å². The molecule has 1 unspecified atom stereocenters. The molecule has 0 aromatic carbocycles.